The minimum atomic E-state index is -1.43. The predicted octanol–water partition coefficient (Wildman–Crippen LogP) is 3.59. The molecule has 0 aliphatic rings. The summed E-state index contributed by atoms with van der Waals surface area (Å²) in [5, 5.41) is 8.37. The summed E-state index contributed by atoms with van der Waals surface area (Å²) in [6.45, 7) is 0. The SMILES string of the molecule is O=C(O)c1c(F)cc(Cl)c(Br)c1Cl. The summed E-state index contributed by atoms with van der Waals surface area (Å²) in [7, 11) is 0. The summed E-state index contributed by atoms with van der Waals surface area (Å²) in [6, 6.07) is 0.890. The van der Waals surface area contributed by atoms with Crippen LogP contribution in [0.25, 0.3) is 0 Å². The molecule has 70 valence electrons. The maximum absolute atomic E-state index is 13.0. The average Bonchev–Trinajstić information content (AvgIpc) is 1.99. The highest BCUT2D eigenvalue weighted by atomic mass is 79.9. The van der Waals surface area contributed by atoms with E-state index in [4.69, 9.17) is 28.3 Å². The van der Waals surface area contributed by atoms with E-state index < -0.39 is 17.3 Å². The lowest BCUT2D eigenvalue weighted by Gasteiger charge is -2.04. The molecule has 6 heteroatoms. The third kappa shape index (κ3) is 1.95. The van der Waals surface area contributed by atoms with E-state index in [1.807, 2.05) is 0 Å². The predicted molar refractivity (Wildman–Crippen MR) is 51.1 cm³/mol. The van der Waals surface area contributed by atoms with E-state index in [2.05, 4.69) is 15.9 Å². The third-order valence-corrected chi connectivity index (χ3v) is 3.28. The van der Waals surface area contributed by atoms with Crippen molar-refractivity contribution in [2.45, 2.75) is 0 Å². The quantitative estimate of drug-likeness (QED) is 0.633. The van der Waals surface area contributed by atoms with Crippen molar-refractivity contribution in [3.63, 3.8) is 0 Å². The Bertz CT molecular complexity index is 381. The molecule has 2 nitrogen and oxygen atoms in total. The van der Waals surface area contributed by atoms with Crippen molar-refractivity contribution in [2.75, 3.05) is 0 Å². The van der Waals surface area contributed by atoms with Crippen molar-refractivity contribution in [1.82, 2.24) is 0 Å². The Morgan fingerprint density at radius 1 is 1.54 bits per heavy atom. The summed E-state index contributed by atoms with van der Waals surface area (Å²) in [4.78, 5) is 10.5. The summed E-state index contributed by atoms with van der Waals surface area (Å²) in [5.74, 6) is -2.38. The Hall–Kier alpha value is -0.320. The van der Waals surface area contributed by atoms with Crippen LogP contribution in [0.5, 0.6) is 0 Å². The molecule has 0 bridgehead atoms. The number of halogens is 4. The molecule has 1 rings (SSSR count). The Morgan fingerprint density at radius 2 is 2.08 bits per heavy atom. The summed E-state index contributed by atoms with van der Waals surface area (Å²) < 4.78 is 13.1. The maximum Gasteiger partial charge on any atom is 0.340 e. The van der Waals surface area contributed by atoms with E-state index in [1.165, 1.54) is 0 Å². The molecule has 0 atom stereocenters. The van der Waals surface area contributed by atoms with Crippen molar-refractivity contribution >= 4 is 45.1 Å². The molecule has 0 aliphatic heterocycles. The second kappa shape index (κ2) is 3.82. The fourth-order valence-electron chi connectivity index (χ4n) is 0.762. The number of hydrogen-bond donors (Lipinski definition) is 1. The van der Waals surface area contributed by atoms with Gasteiger partial charge in [0.1, 0.15) is 11.4 Å². The van der Waals surface area contributed by atoms with Gasteiger partial charge >= 0.3 is 5.97 Å². The first-order valence-corrected chi connectivity index (χ1v) is 4.56. The van der Waals surface area contributed by atoms with Gasteiger partial charge in [-0.25, -0.2) is 9.18 Å². The third-order valence-electron chi connectivity index (χ3n) is 1.33. The Labute approximate surface area is 91.4 Å². The highest BCUT2D eigenvalue weighted by molar-refractivity contribution is 9.10. The normalized spacial score (nSPS) is 10.2. The standard InChI is InChI=1S/C7H2BrCl2FO2/c8-5-2(9)1-3(11)4(6(5)10)7(12)13/h1H,(H,12,13). The summed E-state index contributed by atoms with van der Waals surface area (Å²) in [5.41, 5.74) is -0.585. The molecular weight excluding hydrogens is 286 g/mol. The molecular formula is C7H2BrCl2FO2. The van der Waals surface area contributed by atoms with E-state index in [0.29, 0.717) is 0 Å². The van der Waals surface area contributed by atoms with Crippen molar-refractivity contribution < 1.29 is 14.3 Å². The van der Waals surface area contributed by atoms with Crippen LogP contribution in [0.3, 0.4) is 0 Å². The monoisotopic (exact) mass is 286 g/mol. The first-order chi connectivity index (χ1) is 5.95. The second-order valence-electron chi connectivity index (χ2n) is 2.15. The van der Waals surface area contributed by atoms with Gasteiger partial charge in [0.2, 0.25) is 0 Å². The van der Waals surface area contributed by atoms with Gasteiger partial charge in [-0.1, -0.05) is 23.2 Å². The van der Waals surface area contributed by atoms with Crippen LogP contribution in [-0.2, 0) is 0 Å². The van der Waals surface area contributed by atoms with Crippen LogP contribution in [0.2, 0.25) is 10.0 Å². The number of carboxylic acid groups (broad SMARTS) is 1. The number of aromatic carboxylic acids is 1. The smallest absolute Gasteiger partial charge is 0.340 e. The zero-order valence-electron chi connectivity index (χ0n) is 5.94. The van der Waals surface area contributed by atoms with Crippen LogP contribution < -0.4 is 0 Å². The summed E-state index contributed by atoms with van der Waals surface area (Å²) in [6.07, 6.45) is 0. The molecule has 0 saturated carbocycles. The van der Waals surface area contributed by atoms with Crippen LogP contribution >= 0.6 is 39.1 Å². The van der Waals surface area contributed by atoms with Gasteiger partial charge in [0.05, 0.1) is 14.5 Å². The lowest BCUT2D eigenvalue weighted by Crippen LogP contribution is -2.02. The highest BCUT2D eigenvalue weighted by Gasteiger charge is 2.19. The zero-order valence-corrected chi connectivity index (χ0v) is 9.04. The van der Waals surface area contributed by atoms with Gasteiger partial charge in [-0.15, -0.1) is 0 Å². The topological polar surface area (TPSA) is 37.3 Å². The van der Waals surface area contributed by atoms with Gasteiger partial charge in [-0.3, -0.25) is 0 Å². The Morgan fingerprint density at radius 3 is 2.54 bits per heavy atom. The first-order valence-electron chi connectivity index (χ1n) is 3.01. The molecule has 0 fully saturated rings. The van der Waals surface area contributed by atoms with Crippen LogP contribution in [0.1, 0.15) is 10.4 Å². The number of carbonyl (C=O) groups is 1. The molecule has 0 aromatic heterocycles. The van der Waals surface area contributed by atoms with Crippen LogP contribution in [0.15, 0.2) is 10.5 Å². The lowest BCUT2D eigenvalue weighted by atomic mass is 10.2. The summed E-state index contributed by atoms with van der Waals surface area (Å²) >= 11 is 14.0. The van der Waals surface area contributed by atoms with Gasteiger partial charge < -0.3 is 5.11 Å². The number of benzene rings is 1. The molecule has 13 heavy (non-hydrogen) atoms. The minimum absolute atomic E-state index is 0.0347. The van der Waals surface area contributed by atoms with Gasteiger partial charge in [-0.2, -0.15) is 0 Å². The van der Waals surface area contributed by atoms with Crippen molar-refractivity contribution in [3.05, 3.63) is 32.0 Å². The first kappa shape index (κ1) is 10.8. The molecule has 0 radical (unpaired) electrons. The molecule has 0 aliphatic carbocycles. The largest absolute Gasteiger partial charge is 0.478 e. The molecule has 0 spiro atoms. The van der Waals surface area contributed by atoms with E-state index >= 15 is 0 Å². The molecule has 1 aromatic rings. The van der Waals surface area contributed by atoms with Crippen LogP contribution in [-0.4, -0.2) is 11.1 Å². The highest BCUT2D eigenvalue weighted by Crippen LogP contribution is 2.34. The van der Waals surface area contributed by atoms with Crippen LogP contribution in [0.4, 0.5) is 4.39 Å². The number of rotatable bonds is 1. The maximum atomic E-state index is 13.0. The number of carboxylic acids is 1. The van der Waals surface area contributed by atoms with Crippen LogP contribution in [0, 0.1) is 5.82 Å². The average molecular weight is 288 g/mol. The minimum Gasteiger partial charge on any atom is -0.478 e. The fourth-order valence-corrected chi connectivity index (χ4v) is 1.59. The Balaban J connectivity index is 3.53. The van der Waals surface area contributed by atoms with Crippen molar-refractivity contribution in [3.8, 4) is 0 Å². The van der Waals surface area contributed by atoms with Crippen molar-refractivity contribution in [2.24, 2.45) is 0 Å². The second-order valence-corrected chi connectivity index (χ2v) is 3.73. The van der Waals surface area contributed by atoms with E-state index in [1.54, 1.807) is 0 Å². The van der Waals surface area contributed by atoms with Gasteiger partial charge in [0.25, 0.3) is 0 Å². The lowest BCUT2D eigenvalue weighted by molar-refractivity contribution is 0.0692. The fraction of sp³-hybridized carbons (Fsp3) is 0. The van der Waals surface area contributed by atoms with E-state index in [-0.39, 0.29) is 14.5 Å². The molecule has 1 N–H and O–H groups in total. The zero-order chi connectivity index (χ0) is 10.2. The molecule has 0 saturated heterocycles. The molecule has 1 aromatic carbocycles. The van der Waals surface area contributed by atoms with Gasteiger partial charge in [0.15, 0.2) is 0 Å². The van der Waals surface area contributed by atoms with E-state index in [0.717, 1.165) is 6.07 Å². The van der Waals surface area contributed by atoms with Crippen molar-refractivity contribution in [1.29, 1.82) is 0 Å². The van der Waals surface area contributed by atoms with E-state index in [9.17, 15) is 9.18 Å². The number of hydrogen-bond acceptors (Lipinski definition) is 1. The molecule has 0 amide bonds. The van der Waals surface area contributed by atoms with Gasteiger partial charge in [-0.05, 0) is 22.0 Å². The molecule has 0 heterocycles. The van der Waals surface area contributed by atoms with Gasteiger partial charge in [0, 0.05) is 0 Å². The Kier molecular flexibility index (Phi) is 3.16. The molecule has 0 unspecified atom stereocenters.